The maximum Gasteiger partial charge on any atom is 0.134 e. The maximum absolute atomic E-state index is 5.57. The molecule has 18 heavy (non-hydrogen) atoms. The second-order valence-electron chi connectivity index (χ2n) is 6.51. The molecule has 0 atom stereocenters. The quantitative estimate of drug-likeness (QED) is 0.882. The lowest BCUT2D eigenvalue weighted by Crippen LogP contribution is -2.21. The summed E-state index contributed by atoms with van der Waals surface area (Å²) in [6.07, 6.45) is 1.88. The average Bonchev–Trinajstić information content (AvgIpc) is 2.67. The molecule has 3 rings (SSSR count). The van der Waals surface area contributed by atoms with Gasteiger partial charge in [-0.05, 0) is 16.9 Å². The van der Waals surface area contributed by atoms with Crippen LogP contribution >= 0.6 is 0 Å². The topological polar surface area (TPSA) is 25.2 Å². The van der Waals surface area contributed by atoms with Gasteiger partial charge >= 0.3 is 0 Å². The molecule has 0 aliphatic heterocycles. The van der Waals surface area contributed by atoms with Crippen LogP contribution in [0.3, 0.4) is 0 Å². The Bertz CT molecular complexity index is 566. The van der Waals surface area contributed by atoms with E-state index in [1.807, 2.05) is 18.4 Å². The molecule has 1 N–H and O–H groups in total. The van der Waals surface area contributed by atoms with E-state index in [0.717, 1.165) is 12.1 Å². The molecule has 0 radical (unpaired) electrons. The molecule has 0 amide bonds. The van der Waals surface area contributed by atoms with E-state index in [0.29, 0.717) is 16.9 Å². The smallest absolute Gasteiger partial charge is 0.134 e. The van der Waals surface area contributed by atoms with E-state index < -0.39 is 0 Å². The van der Waals surface area contributed by atoms with E-state index in [1.165, 1.54) is 10.9 Å². The van der Waals surface area contributed by atoms with E-state index in [-0.39, 0.29) is 0 Å². The Hall–Kier alpha value is -1.28. The fourth-order valence-corrected chi connectivity index (χ4v) is 3.09. The van der Waals surface area contributed by atoms with Crippen LogP contribution in [-0.4, -0.2) is 6.04 Å². The highest BCUT2D eigenvalue weighted by Crippen LogP contribution is 2.62. The third-order valence-corrected chi connectivity index (χ3v) is 5.08. The molecule has 0 bridgehead atoms. The fraction of sp³-hybridized carbons (Fsp3) is 0.500. The maximum atomic E-state index is 5.57. The third kappa shape index (κ3) is 1.52. The number of fused-ring (bicyclic) bond motifs is 1. The number of hydrogen-bond donors (Lipinski definition) is 1. The zero-order chi connectivity index (χ0) is 13.0. The first-order valence-corrected chi connectivity index (χ1v) is 6.63. The van der Waals surface area contributed by atoms with Crippen molar-refractivity contribution in [1.82, 2.24) is 5.32 Å². The van der Waals surface area contributed by atoms with Crippen molar-refractivity contribution in [3.05, 3.63) is 36.1 Å². The standard InChI is InChI=1S/C16H21NO/c1-15(2)14(16(15,3)4)17-9-11-10-18-13-8-6-5-7-12(11)13/h5-8,10,14,17H,9H2,1-4H3. The average molecular weight is 243 g/mol. The largest absolute Gasteiger partial charge is 0.464 e. The van der Waals surface area contributed by atoms with Crippen LogP contribution in [0.5, 0.6) is 0 Å². The van der Waals surface area contributed by atoms with Gasteiger partial charge in [-0.25, -0.2) is 0 Å². The minimum absolute atomic E-state index is 0.381. The van der Waals surface area contributed by atoms with E-state index in [2.05, 4.69) is 45.1 Å². The summed E-state index contributed by atoms with van der Waals surface area (Å²) in [5.41, 5.74) is 2.99. The van der Waals surface area contributed by atoms with Crippen molar-refractivity contribution >= 4 is 11.0 Å². The highest BCUT2D eigenvalue weighted by atomic mass is 16.3. The van der Waals surface area contributed by atoms with Gasteiger partial charge in [-0.2, -0.15) is 0 Å². The van der Waals surface area contributed by atoms with Crippen LogP contribution in [0.25, 0.3) is 11.0 Å². The lowest BCUT2D eigenvalue weighted by atomic mass is 10.0. The van der Waals surface area contributed by atoms with Gasteiger partial charge in [0.25, 0.3) is 0 Å². The third-order valence-electron chi connectivity index (χ3n) is 5.08. The van der Waals surface area contributed by atoms with Crippen molar-refractivity contribution in [2.75, 3.05) is 0 Å². The minimum atomic E-state index is 0.381. The Morgan fingerprint density at radius 1 is 1.11 bits per heavy atom. The van der Waals surface area contributed by atoms with Crippen LogP contribution in [0.4, 0.5) is 0 Å². The number of para-hydroxylation sites is 1. The summed E-state index contributed by atoms with van der Waals surface area (Å²) < 4.78 is 5.57. The van der Waals surface area contributed by atoms with Crippen LogP contribution in [0.1, 0.15) is 33.3 Å². The van der Waals surface area contributed by atoms with Gasteiger partial charge in [0.05, 0.1) is 6.26 Å². The molecule has 0 unspecified atom stereocenters. The molecule has 1 fully saturated rings. The number of furan rings is 1. The number of hydrogen-bond acceptors (Lipinski definition) is 2. The lowest BCUT2D eigenvalue weighted by Gasteiger charge is -2.04. The summed E-state index contributed by atoms with van der Waals surface area (Å²) in [7, 11) is 0. The molecule has 1 heterocycles. The van der Waals surface area contributed by atoms with Gasteiger partial charge < -0.3 is 9.73 Å². The van der Waals surface area contributed by atoms with E-state index in [4.69, 9.17) is 4.42 Å². The van der Waals surface area contributed by atoms with Gasteiger partial charge in [-0.3, -0.25) is 0 Å². The lowest BCUT2D eigenvalue weighted by molar-refractivity contribution is 0.457. The van der Waals surface area contributed by atoms with Crippen LogP contribution in [-0.2, 0) is 6.54 Å². The van der Waals surface area contributed by atoms with Crippen molar-refractivity contribution < 1.29 is 4.42 Å². The molecule has 1 aliphatic carbocycles. The summed E-state index contributed by atoms with van der Waals surface area (Å²) in [5.74, 6) is 0. The second kappa shape index (κ2) is 3.61. The van der Waals surface area contributed by atoms with Gasteiger partial charge in [0.15, 0.2) is 0 Å². The van der Waals surface area contributed by atoms with Gasteiger partial charge in [-0.15, -0.1) is 0 Å². The predicted octanol–water partition coefficient (Wildman–Crippen LogP) is 3.96. The van der Waals surface area contributed by atoms with Gasteiger partial charge in [-0.1, -0.05) is 45.9 Å². The fourth-order valence-electron chi connectivity index (χ4n) is 3.09. The number of rotatable bonds is 3. The monoisotopic (exact) mass is 243 g/mol. The van der Waals surface area contributed by atoms with Crippen molar-refractivity contribution in [1.29, 1.82) is 0 Å². The van der Waals surface area contributed by atoms with Crippen molar-refractivity contribution in [2.24, 2.45) is 10.8 Å². The van der Waals surface area contributed by atoms with E-state index >= 15 is 0 Å². The minimum Gasteiger partial charge on any atom is -0.464 e. The molecule has 1 aromatic carbocycles. The molecular weight excluding hydrogens is 222 g/mol. The first-order chi connectivity index (χ1) is 8.44. The second-order valence-corrected chi connectivity index (χ2v) is 6.51. The molecule has 2 heteroatoms. The predicted molar refractivity (Wildman–Crippen MR) is 74.4 cm³/mol. The summed E-state index contributed by atoms with van der Waals surface area (Å²) in [5, 5.41) is 4.90. The highest BCUT2D eigenvalue weighted by Gasteiger charge is 2.64. The highest BCUT2D eigenvalue weighted by molar-refractivity contribution is 5.80. The summed E-state index contributed by atoms with van der Waals surface area (Å²) in [4.78, 5) is 0. The normalized spacial score (nSPS) is 21.3. The molecule has 1 saturated carbocycles. The molecule has 0 spiro atoms. The van der Waals surface area contributed by atoms with Crippen molar-refractivity contribution in [3.63, 3.8) is 0 Å². The Balaban J connectivity index is 1.75. The Morgan fingerprint density at radius 2 is 1.78 bits per heavy atom. The molecule has 2 aromatic rings. The Kier molecular flexibility index (Phi) is 2.36. The van der Waals surface area contributed by atoms with Crippen LogP contribution < -0.4 is 5.32 Å². The van der Waals surface area contributed by atoms with E-state index in [1.54, 1.807) is 0 Å². The summed E-state index contributed by atoms with van der Waals surface area (Å²) >= 11 is 0. The van der Waals surface area contributed by atoms with Crippen LogP contribution in [0.2, 0.25) is 0 Å². The molecule has 0 saturated heterocycles. The first kappa shape index (κ1) is 11.8. The van der Waals surface area contributed by atoms with Crippen molar-refractivity contribution in [2.45, 2.75) is 40.3 Å². The molecule has 1 aromatic heterocycles. The van der Waals surface area contributed by atoms with Gasteiger partial charge in [0.1, 0.15) is 5.58 Å². The molecule has 2 nitrogen and oxygen atoms in total. The van der Waals surface area contributed by atoms with Gasteiger partial charge in [0, 0.05) is 23.5 Å². The first-order valence-electron chi connectivity index (χ1n) is 6.63. The number of nitrogens with one attached hydrogen (secondary N) is 1. The van der Waals surface area contributed by atoms with E-state index in [9.17, 15) is 0 Å². The molecule has 1 aliphatic rings. The zero-order valence-corrected chi connectivity index (χ0v) is 11.6. The van der Waals surface area contributed by atoms with Crippen molar-refractivity contribution in [3.8, 4) is 0 Å². The Labute approximate surface area is 108 Å². The van der Waals surface area contributed by atoms with Crippen LogP contribution in [0, 0.1) is 10.8 Å². The molecular formula is C16H21NO. The SMILES string of the molecule is CC1(C)C(NCc2coc3ccccc23)C1(C)C. The summed E-state index contributed by atoms with van der Waals surface area (Å²) in [6.45, 7) is 10.2. The zero-order valence-electron chi connectivity index (χ0n) is 11.6. The summed E-state index contributed by atoms with van der Waals surface area (Å²) in [6, 6.07) is 8.80. The van der Waals surface area contributed by atoms with Gasteiger partial charge in [0.2, 0.25) is 0 Å². The Morgan fingerprint density at radius 3 is 2.44 bits per heavy atom. The molecule has 96 valence electrons. The number of benzene rings is 1. The van der Waals surface area contributed by atoms with Crippen LogP contribution in [0.15, 0.2) is 34.9 Å².